The smallest absolute Gasteiger partial charge is 0.303 e. The van der Waals surface area contributed by atoms with Crippen LogP contribution in [-0.4, -0.2) is 26.8 Å². The number of aromatic nitrogens is 2. The van der Waals surface area contributed by atoms with E-state index in [1.807, 2.05) is 31.2 Å². The second kappa shape index (κ2) is 7.58. The number of benzene rings is 1. The van der Waals surface area contributed by atoms with E-state index >= 15 is 0 Å². The highest BCUT2D eigenvalue weighted by atomic mass is 16.4. The monoisotopic (exact) mass is 315 g/mol. The SMILES string of the molecule is Cc1ccc(Cn2cc(NC(=O)C[C@@H](C)CC(=O)O)cn2)cc1. The van der Waals surface area contributed by atoms with Crippen molar-refractivity contribution in [1.82, 2.24) is 9.78 Å². The molecule has 1 heterocycles. The second-order valence-corrected chi connectivity index (χ2v) is 5.87. The van der Waals surface area contributed by atoms with Crippen LogP contribution in [0.15, 0.2) is 36.7 Å². The summed E-state index contributed by atoms with van der Waals surface area (Å²) in [6, 6.07) is 8.18. The number of carbonyl (C=O) groups is 2. The molecule has 1 amide bonds. The number of rotatable bonds is 7. The Morgan fingerprint density at radius 3 is 2.61 bits per heavy atom. The first-order valence-electron chi connectivity index (χ1n) is 7.52. The summed E-state index contributed by atoms with van der Waals surface area (Å²) in [5.41, 5.74) is 2.95. The average Bonchev–Trinajstić information content (AvgIpc) is 2.87. The van der Waals surface area contributed by atoms with E-state index in [0.717, 1.165) is 5.56 Å². The van der Waals surface area contributed by atoms with E-state index in [1.165, 1.54) is 5.56 Å². The number of aryl methyl sites for hydroxylation is 1. The van der Waals surface area contributed by atoms with Crippen LogP contribution in [0.3, 0.4) is 0 Å². The molecule has 6 nitrogen and oxygen atoms in total. The van der Waals surface area contributed by atoms with Crippen LogP contribution in [0.1, 0.15) is 30.9 Å². The molecule has 0 radical (unpaired) electrons. The summed E-state index contributed by atoms with van der Waals surface area (Å²) < 4.78 is 1.75. The standard InChI is InChI=1S/C17H21N3O3/c1-12-3-5-14(6-4-12)10-20-11-15(9-18-20)19-16(21)7-13(2)8-17(22)23/h3-6,9,11,13H,7-8,10H2,1-2H3,(H,19,21)(H,22,23)/t13-/m1/s1. The molecule has 1 aromatic heterocycles. The van der Waals surface area contributed by atoms with Gasteiger partial charge in [0.15, 0.2) is 0 Å². The van der Waals surface area contributed by atoms with Crippen LogP contribution in [0.4, 0.5) is 5.69 Å². The first-order chi connectivity index (χ1) is 10.9. The molecule has 122 valence electrons. The fraction of sp³-hybridized carbons (Fsp3) is 0.353. The van der Waals surface area contributed by atoms with E-state index in [9.17, 15) is 9.59 Å². The normalized spacial score (nSPS) is 11.9. The molecule has 1 aromatic carbocycles. The quantitative estimate of drug-likeness (QED) is 0.822. The van der Waals surface area contributed by atoms with Gasteiger partial charge in [-0.2, -0.15) is 5.10 Å². The number of hydrogen-bond donors (Lipinski definition) is 2. The van der Waals surface area contributed by atoms with Crippen molar-refractivity contribution in [1.29, 1.82) is 0 Å². The van der Waals surface area contributed by atoms with Crippen molar-refractivity contribution in [3.8, 4) is 0 Å². The molecular formula is C17H21N3O3. The predicted octanol–water partition coefficient (Wildman–Crippen LogP) is 2.68. The highest BCUT2D eigenvalue weighted by molar-refractivity contribution is 5.90. The van der Waals surface area contributed by atoms with Gasteiger partial charge >= 0.3 is 5.97 Å². The van der Waals surface area contributed by atoms with Crippen molar-refractivity contribution in [2.75, 3.05) is 5.32 Å². The van der Waals surface area contributed by atoms with Gasteiger partial charge < -0.3 is 10.4 Å². The molecular weight excluding hydrogens is 294 g/mol. The Kier molecular flexibility index (Phi) is 5.51. The minimum Gasteiger partial charge on any atom is -0.481 e. The van der Waals surface area contributed by atoms with Gasteiger partial charge in [0.2, 0.25) is 5.91 Å². The van der Waals surface area contributed by atoms with E-state index < -0.39 is 5.97 Å². The number of carboxylic acids is 1. The van der Waals surface area contributed by atoms with Crippen molar-refractivity contribution in [2.24, 2.45) is 5.92 Å². The highest BCUT2D eigenvalue weighted by Crippen LogP contribution is 2.12. The Balaban J connectivity index is 1.88. The predicted molar refractivity (Wildman–Crippen MR) is 87.2 cm³/mol. The Bertz CT molecular complexity index is 677. The van der Waals surface area contributed by atoms with Gasteiger partial charge in [-0.15, -0.1) is 0 Å². The molecule has 0 bridgehead atoms. The van der Waals surface area contributed by atoms with Crippen molar-refractivity contribution >= 4 is 17.6 Å². The number of carboxylic acid groups (broad SMARTS) is 1. The fourth-order valence-corrected chi connectivity index (χ4v) is 2.29. The summed E-state index contributed by atoms with van der Waals surface area (Å²) in [6.45, 7) is 4.41. The third-order valence-corrected chi connectivity index (χ3v) is 3.44. The number of nitrogens with one attached hydrogen (secondary N) is 1. The van der Waals surface area contributed by atoms with E-state index in [2.05, 4.69) is 10.4 Å². The summed E-state index contributed by atoms with van der Waals surface area (Å²) in [4.78, 5) is 22.5. The molecule has 2 rings (SSSR count). The molecule has 0 spiro atoms. The Labute approximate surface area is 135 Å². The van der Waals surface area contributed by atoms with Gasteiger partial charge in [-0.25, -0.2) is 0 Å². The number of nitrogens with zero attached hydrogens (tertiary/aromatic N) is 2. The molecule has 0 aliphatic carbocycles. The summed E-state index contributed by atoms with van der Waals surface area (Å²) in [5, 5.41) is 15.7. The molecule has 6 heteroatoms. The molecule has 0 saturated carbocycles. The molecule has 0 unspecified atom stereocenters. The van der Waals surface area contributed by atoms with Crippen LogP contribution in [0.5, 0.6) is 0 Å². The summed E-state index contributed by atoms with van der Waals surface area (Å²) in [7, 11) is 0. The maximum Gasteiger partial charge on any atom is 0.303 e. The van der Waals surface area contributed by atoms with Crippen LogP contribution < -0.4 is 5.32 Å². The Morgan fingerprint density at radius 1 is 1.26 bits per heavy atom. The minimum absolute atomic E-state index is 0.0138. The average molecular weight is 315 g/mol. The van der Waals surface area contributed by atoms with E-state index in [1.54, 1.807) is 24.0 Å². The topological polar surface area (TPSA) is 84.2 Å². The second-order valence-electron chi connectivity index (χ2n) is 5.87. The van der Waals surface area contributed by atoms with Crippen molar-refractivity contribution in [2.45, 2.75) is 33.2 Å². The Hall–Kier alpha value is -2.63. The maximum atomic E-state index is 11.9. The zero-order chi connectivity index (χ0) is 16.8. The van der Waals surface area contributed by atoms with Gasteiger partial charge in [-0.3, -0.25) is 14.3 Å². The summed E-state index contributed by atoms with van der Waals surface area (Å²) >= 11 is 0. The number of anilines is 1. The van der Waals surface area contributed by atoms with E-state index in [-0.39, 0.29) is 24.7 Å². The van der Waals surface area contributed by atoms with Gasteiger partial charge in [0, 0.05) is 19.0 Å². The van der Waals surface area contributed by atoms with E-state index in [0.29, 0.717) is 12.2 Å². The molecule has 23 heavy (non-hydrogen) atoms. The number of hydrogen-bond acceptors (Lipinski definition) is 3. The van der Waals surface area contributed by atoms with Crippen molar-refractivity contribution in [3.63, 3.8) is 0 Å². The lowest BCUT2D eigenvalue weighted by molar-refractivity contribution is -0.138. The minimum atomic E-state index is -0.892. The highest BCUT2D eigenvalue weighted by Gasteiger charge is 2.13. The molecule has 0 saturated heterocycles. The van der Waals surface area contributed by atoms with Crippen LogP contribution in [0.2, 0.25) is 0 Å². The van der Waals surface area contributed by atoms with Crippen LogP contribution in [-0.2, 0) is 16.1 Å². The zero-order valence-corrected chi connectivity index (χ0v) is 13.3. The molecule has 0 aliphatic heterocycles. The molecule has 0 fully saturated rings. The summed E-state index contributed by atoms with van der Waals surface area (Å²) in [6.07, 6.45) is 3.52. The molecule has 0 aliphatic rings. The first kappa shape index (κ1) is 16.7. The lowest BCUT2D eigenvalue weighted by Gasteiger charge is -2.07. The maximum absolute atomic E-state index is 11.9. The van der Waals surface area contributed by atoms with Crippen molar-refractivity contribution in [3.05, 3.63) is 47.8 Å². The summed E-state index contributed by atoms with van der Waals surface area (Å²) in [5.74, 6) is -1.29. The molecule has 2 N–H and O–H groups in total. The van der Waals surface area contributed by atoms with Crippen molar-refractivity contribution < 1.29 is 14.7 Å². The number of aliphatic carboxylic acids is 1. The number of carbonyl (C=O) groups excluding carboxylic acids is 1. The van der Waals surface area contributed by atoms with Gasteiger partial charge in [0.05, 0.1) is 18.4 Å². The number of amides is 1. The third kappa shape index (κ3) is 5.58. The molecule has 1 atom stereocenters. The van der Waals surface area contributed by atoms with Gasteiger partial charge in [0.25, 0.3) is 0 Å². The van der Waals surface area contributed by atoms with Gasteiger partial charge in [-0.1, -0.05) is 36.8 Å². The van der Waals surface area contributed by atoms with Crippen LogP contribution >= 0.6 is 0 Å². The largest absolute Gasteiger partial charge is 0.481 e. The van der Waals surface area contributed by atoms with Gasteiger partial charge in [0.1, 0.15) is 0 Å². The molecule has 2 aromatic rings. The van der Waals surface area contributed by atoms with Crippen LogP contribution in [0.25, 0.3) is 0 Å². The Morgan fingerprint density at radius 2 is 1.96 bits per heavy atom. The van der Waals surface area contributed by atoms with Crippen LogP contribution in [0, 0.1) is 12.8 Å². The first-order valence-corrected chi connectivity index (χ1v) is 7.52. The fourth-order valence-electron chi connectivity index (χ4n) is 2.29. The van der Waals surface area contributed by atoms with Gasteiger partial charge in [-0.05, 0) is 18.4 Å². The third-order valence-electron chi connectivity index (χ3n) is 3.44. The van der Waals surface area contributed by atoms with E-state index in [4.69, 9.17) is 5.11 Å². The lowest BCUT2D eigenvalue weighted by atomic mass is 10.0. The zero-order valence-electron chi connectivity index (χ0n) is 13.3. The lowest BCUT2D eigenvalue weighted by Crippen LogP contribution is -2.16.